The summed E-state index contributed by atoms with van der Waals surface area (Å²) in [6.07, 6.45) is 0. The third kappa shape index (κ3) is 2.12. The van der Waals surface area contributed by atoms with E-state index in [9.17, 15) is 4.79 Å². The summed E-state index contributed by atoms with van der Waals surface area (Å²) in [5, 5.41) is 10.7. The summed E-state index contributed by atoms with van der Waals surface area (Å²) < 4.78 is 1.02. The fourth-order valence-electron chi connectivity index (χ4n) is 1.99. The van der Waals surface area contributed by atoms with E-state index in [0.29, 0.717) is 5.71 Å². The highest BCUT2D eigenvalue weighted by molar-refractivity contribution is 5.98. The minimum absolute atomic E-state index is 0.0470. The van der Waals surface area contributed by atoms with E-state index in [1.54, 1.807) is 6.92 Å². The molecule has 0 saturated heterocycles. The highest BCUT2D eigenvalue weighted by atomic mass is 16.1. The van der Waals surface area contributed by atoms with Crippen LogP contribution in [0, 0.1) is 0 Å². The van der Waals surface area contributed by atoms with Gasteiger partial charge in [0, 0.05) is 0 Å². The van der Waals surface area contributed by atoms with Crippen LogP contribution in [-0.4, -0.2) is 25.6 Å². The van der Waals surface area contributed by atoms with Crippen molar-refractivity contribution in [3.8, 4) is 0 Å². The van der Waals surface area contributed by atoms with Crippen LogP contribution in [0.1, 0.15) is 12.5 Å². The molecule has 0 fully saturated rings. The Morgan fingerprint density at radius 1 is 1.29 bits per heavy atom. The summed E-state index contributed by atoms with van der Waals surface area (Å²) in [5.74, 6) is 0.0955. The Morgan fingerprint density at radius 2 is 2.00 bits per heavy atom. The first-order valence-corrected chi connectivity index (χ1v) is 6.21. The molecule has 2 aromatic heterocycles. The summed E-state index contributed by atoms with van der Waals surface area (Å²) in [5.41, 5.74) is 12.7. The lowest BCUT2D eigenvalue weighted by molar-refractivity contribution is 0.828. The quantitative estimate of drug-likeness (QED) is 0.592. The molecule has 21 heavy (non-hydrogen) atoms. The van der Waals surface area contributed by atoms with Crippen molar-refractivity contribution in [2.75, 3.05) is 11.5 Å². The zero-order chi connectivity index (χ0) is 15.0. The van der Waals surface area contributed by atoms with Crippen molar-refractivity contribution < 1.29 is 0 Å². The van der Waals surface area contributed by atoms with E-state index in [2.05, 4.69) is 20.3 Å². The van der Waals surface area contributed by atoms with Crippen molar-refractivity contribution in [3.05, 3.63) is 46.2 Å². The van der Waals surface area contributed by atoms with E-state index in [0.717, 1.165) is 10.2 Å². The van der Waals surface area contributed by atoms with Crippen LogP contribution in [0.5, 0.6) is 0 Å². The lowest BCUT2D eigenvalue weighted by Crippen LogP contribution is -2.22. The van der Waals surface area contributed by atoms with Gasteiger partial charge in [0.15, 0.2) is 5.65 Å². The van der Waals surface area contributed by atoms with Crippen molar-refractivity contribution in [1.82, 2.24) is 19.9 Å². The van der Waals surface area contributed by atoms with Crippen LogP contribution in [0.25, 0.3) is 11.0 Å². The zero-order valence-corrected chi connectivity index (χ0v) is 11.2. The van der Waals surface area contributed by atoms with Crippen LogP contribution in [0.3, 0.4) is 0 Å². The third-order valence-corrected chi connectivity index (χ3v) is 3.06. The monoisotopic (exact) mass is 283 g/mol. The number of nitrogens with one attached hydrogen (secondary N) is 1. The maximum Gasteiger partial charge on any atom is 0.289 e. The third-order valence-electron chi connectivity index (χ3n) is 3.06. The molecule has 1 aromatic carbocycles. The van der Waals surface area contributed by atoms with Gasteiger partial charge in [-0.25, -0.2) is 0 Å². The largest absolute Gasteiger partial charge is 0.383 e. The molecule has 106 valence electrons. The Kier molecular flexibility index (Phi) is 2.90. The van der Waals surface area contributed by atoms with Gasteiger partial charge in [0.05, 0.1) is 5.71 Å². The number of benzene rings is 1. The second-order valence-corrected chi connectivity index (χ2v) is 4.47. The summed E-state index contributed by atoms with van der Waals surface area (Å²) >= 11 is 0. The first kappa shape index (κ1) is 12.9. The van der Waals surface area contributed by atoms with Crippen molar-refractivity contribution in [3.63, 3.8) is 0 Å². The number of nitrogens with zero attached hydrogens (tertiary/aromatic N) is 4. The van der Waals surface area contributed by atoms with Gasteiger partial charge in [0.1, 0.15) is 11.2 Å². The molecule has 0 aliphatic carbocycles. The average Bonchev–Trinajstić information content (AvgIpc) is 2.85. The van der Waals surface area contributed by atoms with Crippen LogP contribution in [-0.2, 0) is 0 Å². The summed E-state index contributed by atoms with van der Waals surface area (Å²) in [4.78, 5) is 16.4. The lowest BCUT2D eigenvalue weighted by atomic mass is 10.1. The molecule has 5 N–H and O–H groups in total. The molecule has 0 saturated carbocycles. The topological polar surface area (TPSA) is 128 Å². The van der Waals surface area contributed by atoms with E-state index in [4.69, 9.17) is 11.5 Å². The maximum atomic E-state index is 12.4. The van der Waals surface area contributed by atoms with Gasteiger partial charge in [-0.3, -0.25) is 9.89 Å². The normalized spacial score (nSPS) is 12.0. The minimum atomic E-state index is -0.459. The predicted octanol–water partition coefficient (Wildman–Crippen LogP) is 0.556. The number of aromatic nitrogens is 4. The number of anilines is 2. The number of nitrogens with two attached hydrogens (primary N) is 2. The number of H-pyrrole nitrogens is 1. The first-order chi connectivity index (χ1) is 10.1. The molecule has 0 spiro atoms. The number of nitrogen functional groups attached to an aromatic ring is 2. The molecule has 0 atom stereocenters. The molecule has 0 radical (unpaired) electrons. The Bertz CT molecular complexity index is 892. The average molecular weight is 283 g/mol. The number of fused-ring (bicyclic) bond motifs is 1. The van der Waals surface area contributed by atoms with E-state index in [1.165, 1.54) is 0 Å². The second-order valence-electron chi connectivity index (χ2n) is 4.47. The Balaban J connectivity index is 2.21. The molecule has 2 heterocycles. The van der Waals surface area contributed by atoms with E-state index < -0.39 is 5.56 Å². The Morgan fingerprint density at radius 3 is 2.71 bits per heavy atom. The van der Waals surface area contributed by atoms with Gasteiger partial charge in [0.2, 0.25) is 5.95 Å². The molecule has 0 amide bonds. The van der Waals surface area contributed by atoms with Gasteiger partial charge in [-0.1, -0.05) is 30.3 Å². The fraction of sp³-hybridized carbons (Fsp3) is 0.0769. The SMILES string of the molecule is C/C(=N\n1c(N)nc2n[nH]c(N)c2c1=O)c1ccccc1. The van der Waals surface area contributed by atoms with E-state index in [-0.39, 0.29) is 22.8 Å². The van der Waals surface area contributed by atoms with Crippen molar-refractivity contribution in [2.24, 2.45) is 5.10 Å². The molecule has 0 unspecified atom stereocenters. The molecule has 8 heteroatoms. The lowest BCUT2D eigenvalue weighted by Gasteiger charge is -2.05. The van der Waals surface area contributed by atoms with Gasteiger partial charge in [0.25, 0.3) is 5.56 Å². The number of hydrogen-bond acceptors (Lipinski definition) is 6. The molecule has 8 nitrogen and oxygen atoms in total. The summed E-state index contributed by atoms with van der Waals surface area (Å²) in [7, 11) is 0. The second kappa shape index (κ2) is 4.75. The molecular formula is C13H13N7O. The molecule has 0 bridgehead atoms. The Hall–Kier alpha value is -3.16. The molecule has 3 aromatic rings. The van der Waals surface area contributed by atoms with Crippen molar-refractivity contribution >= 4 is 28.5 Å². The van der Waals surface area contributed by atoms with Gasteiger partial charge in [-0.2, -0.15) is 19.9 Å². The van der Waals surface area contributed by atoms with Gasteiger partial charge in [-0.15, -0.1) is 0 Å². The minimum Gasteiger partial charge on any atom is -0.383 e. The standard InChI is InChI=1S/C13H13N7O/c1-7(8-5-3-2-4-6-8)19-20-12(21)9-10(14)17-18-11(9)16-13(20)15/h2-6H,1H3,(H5,14,15,16,17,18)/b19-7+. The maximum absolute atomic E-state index is 12.4. The van der Waals surface area contributed by atoms with Crippen LogP contribution in [0.4, 0.5) is 11.8 Å². The van der Waals surface area contributed by atoms with Crippen LogP contribution >= 0.6 is 0 Å². The van der Waals surface area contributed by atoms with E-state index >= 15 is 0 Å². The highest BCUT2D eigenvalue weighted by Crippen LogP contribution is 2.12. The number of rotatable bonds is 2. The van der Waals surface area contributed by atoms with Gasteiger partial charge >= 0.3 is 0 Å². The van der Waals surface area contributed by atoms with Crippen molar-refractivity contribution in [2.45, 2.75) is 6.92 Å². The molecular weight excluding hydrogens is 270 g/mol. The predicted molar refractivity (Wildman–Crippen MR) is 81.0 cm³/mol. The van der Waals surface area contributed by atoms with Gasteiger partial charge in [-0.05, 0) is 12.5 Å². The van der Waals surface area contributed by atoms with Gasteiger partial charge < -0.3 is 11.5 Å². The molecule has 0 aliphatic heterocycles. The van der Waals surface area contributed by atoms with Crippen LogP contribution < -0.4 is 17.0 Å². The van der Waals surface area contributed by atoms with Crippen LogP contribution in [0.2, 0.25) is 0 Å². The summed E-state index contributed by atoms with van der Waals surface area (Å²) in [6.45, 7) is 1.78. The highest BCUT2D eigenvalue weighted by Gasteiger charge is 2.14. The van der Waals surface area contributed by atoms with E-state index in [1.807, 2.05) is 30.3 Å². The smallest absolute Gasteiger partial charge is 0.289 e. The summed E-state index contributed by atoms with van der Waals surface area (Å²) in [6, 6.07) is 9.44. The number of aromatic amines is 1. The van der Waals surface area contributed by atoms with Crippen LogP contribution in [0.15, 0.2) is 40.2 Å². The van der Waals surface area contributed by atoms with Crippen molar-refractivity contribution in [1.29, 1.82) is 0 Å². The number of hydrogen-bond donors (Lipinski definition) is 3. The fourth-order valence-corrected chi connectivity index (χ4v) is 1.99. The molecule has 3 rings (SSSR count). The first-order valence-electron chi connectivity index (χ1n) is 6.21. The Labute approximate surface area is 119 Å². The molecule has 0 aliphatic rings. The zero-order valence-electron chi connectivity index (χ0n) is 11.2.